The zero-order valence-electron chi connectivity index (χ0n) is 24.7. The third-order valence-corrected chi connectivity index (χ3v) is 10.7. The molecule has 0 heterocycles. The van der Waals surface area contributed by atoms with Gasteiger partial charge in [0.2, 0.25) is 0 Å². The summed E-state index contributed by atoms with van der Waals surface area (Å²) in [6.07, 6.45) is 15.9. The molecule has 3 unspecified atom stereocenters. The zero-order chi connectivity index (χ0) is 27.2. The second-order valence-corrected chi connectivity index (χ2v) is 12.8. The van der Waals surface area contributed by atoms with Gasteiger partial charge >= 0.3 is 11.9 Å². The molecule has 0 saturated heterocycles. The Labute approximate surface area is 226 Å². The van der Waals surface area contributed by atoms with E-state index >= 15 is 0 Å². The smallest absolute Gasteiger partial charge is 0.302 e. The molecule has 5 nitrogen and oxygen atoms in total. The van der Waals surface area contributed by atoms with Crippen LogP contribution in [0.3, 0.4) is 0 Å². The first kappa shape index (κ1) is 30.0. The quantitative estimate of drug-likeness (QED) is 0.243. The summed E-state index contributed by atoms with van der Waals surface area (Å²) in [5.74, 6) is 3.44. The molecule has 3 saturated carbocycles. The van der Waals surface area contributed by atoms with Crippen molar-refractivity contribution in [3.05, 3.63) is 12.3 Å². The van der Waals surface area contributed by atoms with Crippen molar-refractivity contribution in [2.24, 2.45) is 46.8 Å². The number of hydrogen-bond donors (Lipinski definition) is 0. The van der Waals surface area contributed by atoms with Crippen molar-refractivity contribution in [2.45, 2.75) is 124 Å². The van der Waals surface area contributed by atoms with Gasteiger partial charge in [-0.15, -0.1) is 0 Å². The maximum atomic E-state index is 12.5. The van der Waals surface area contributed by atoms with E-state index in [1.807, 2.05) is 0 Å². The van der Waals surface area contributed by atoms with Crippen LogP contribution in [0.5, 0.6) is 0 Å². The second-order valence-electron chi connectivity index (χ2n) is 12.8. The van der Waals surface area contributed by atoms with E-state index in [4.69, 9.17) is 14.2 Å². The second kappa shape index (κ2) is 13.5. The molecule has 0 radical (unpaired) electrons. The van der Waals surface area contributed by atoms with E-state index in [0.29, 0.717) is 46.8 Å². The highest BCUT2D eigenvalue weighted by Gasteiger charge is 2.58. The van der Waals surface area contributed by atoms with Crippen LogP contribution in [0, 0.1) is 46.8 Å². The highest BCUT2D eigenvalue weighted by molar-refractivity contribution is 5.66. The van der Waals surface area contributed by atoms with Crippen LogP contribution in [-0.4, -0.2) is 31.3 Å². The molecule has 5 heteroatoms. The average molecular weight is 519 g/mol. The summed E-state index contributed by atoms with van der Waals surface area (Å²) in [5.41, 5.74) is 0.298. The summed E-state index contributed by atoms with van der Waals surface area (Å²) in [6.45, 7) is 12.8. The zero-order valence-corrected chi connectivity index (χ0v) is 24.7. The van der Waals surface area contributed by atoms with Crippen molar-refractivity contribution in [1.82, 2.24) is 0 Å². The van der Waals surface area contributed by atoms with Crippen LogP contribution in [0.25, 0.3) is 0 Å². The number of ether oxygens (including phenoxy) is 3. The molecule has 0 amide bonds. The van der Waals surface area contributed by atoms with Crippen molar-refractivity contribution < 1.29 is 23.8 Å². The summed E-state index contributed by atoms with van der Waals surface area (Å²) in [5, 5.41) is 0. The molecule has 212 valence electrons. The molecular weight excluding hydrogens is 464 g/mol. The first-order valence-electron chi connectivity index (χ1n) is 15.1. The number of fused-ring (bicyclic) bond motifs is 3. The molecular formula is C32H54O5. The molecule has 0 aromatic heterocycles. The van der Waals surface area contributed by atoms with Gasteiger partial charge in [0, 0.05) is 19.8 Å². The number of rotatable bonds is 8. The van der Waals surface area contributed by atoms with Gasteiger partial charge in [-0.25, -0.2) is 0 Å². The summed E-state index contributed by atoms with van der Waals surface area (Å²) in [4.78, 5) is 24.3. The molecule has 0 aromatic carbocycles. The SMILES string of the molecule is CC[C@@H]1CC[C@H](OC(C)=O)CCC(C)[C@H]2CCC3(C)C([C@H](C)CC/C=C/OC)CC[C@H]3[C@@H]2[C@@H]1OC(C)=O. The highest BCUT2D eigenvalue weighted by Crippen LogP contribution is 2.64. The number of allylic oxidation sites excluding steroid dienone is 1. The topological polar surface area (TPSA) is 61.8 Å². The molecule has 0 aliphatic heterocycles. The molecule has 0 bridgehead atoms. The van der Waals surface area contributed by atoms with E-state index in [1.54, 1.807) is 20.3 Å². The number of methoxy groups -OCH3 is 1. The maximum absolute atomic E-state index is 12.5. The minimum Gasteiger partial charge on any atom is -0.505 e. The van der Waals surface area contributed by atoms with E-state index in [0.717, 1.165) is 38.5 Å². The summed E-state index contributed by atoms with van der Waals surface area (Å²) < 4.78 is 17.2. The van der Waals surface area contributed by atoms with Crippen LogP contribution in [0.4, 0.5) is 0 Å². The number of esters is 2. The van der Waals surface area contributed by atoms with Crippen LogP contribution < -0.4 is 0 Å². The molecule has 0 N–H and O–H groups in total. The van der Waals surface area contributed by atoms with Crippen molar-refractivity contribution in [2.75, 3.05) is 7.11 Å². The van der Waals surface area contributed by atoms with Gasteiger partial charge in [-0.3, -0.25) is 9.59 Å². The summed E-state index contributed by atoms with van der Waals surface area (Å²) in [6, 6.07) is 0. The van der Waals surface area contributed by atoms with Gasteiger partial charge < -0.3 is 14.2 Å². The van der Waals surface area contributed by atoms with Crippen LogP contribution in [0.1, 0.15) is 112 Å². The van der Waals surface area contributed by atoms with Gasteiger partial charge in [-0.1, -0.05) is 27.7 Å². The van der Waals surface area contributed by atoms with Crippen LogP contribution in [0.2, 0.25) is 0 Å². The lowest BCUT2D eigenvalue weighted by atomic mass is 9.52. The number of carbonyl (C=O) groups excluding carboxylic acids is 2. The third-order valence-electron chi connectivity index (χ3n) is 10.7. The maximum Gasteiger partial charge on any atom is 0.302 e. The van der Waals surface area contributed by atoms with Crippen molar-refractivity contribution in [3.63, 3.8) is 0 Å². The van der Waals surface area contributed by atoms with Crippen molar-refractivity contribution in [1.29, 1.82) is 0 Å². The summed E-state index contributed by atoms with van der Waals surface area (Å²) >= 11 is 0. The van der Waals surface area contributed by atoms with Crippen LogP contribution in [0.15, 0.2) is 12.3 Å². The highest BCUT2D eigenvalue weighted by atomic mass is 16.5. The normalized spacial score (nSPS) is 39.3. The predicted molar refractivity (Wildman–Crippen MR) is 148 cm³/mol. The molecule has 10 atom stereocenters. The van der Waals surface area contributed by atoms with E-state index in [9.17, 15) is 9.59 Å². The molecule has 0 aromatic rings. The van der Waals surface area contributed by atoms with Crippen molar-refractivity contribution >= 4 is 11.9 Å². The Morgan fingerprint density at radius 3 is 2.35 bits per heavy atom. The van der Waals surface area contributed by atoms with E-state index in [-0.39, 0.29) is 24.1 Å². The average Bonchev–Trinajstić information content (AvgIpc) is 3.20. The fourth-order valence-electron chi connectivity index (χ4n) is 8.90. The monoisotopic (exact) mass is 518 g/mol. The first-order valence-corrected chi connectivity index (χ1v) is 15.1. The number of carbonyl (C=O) groups is 2. The van der Waals surface area contributed by atoms with Gasteiger partial charge in [0.05, 0.1) is 13.4 Å². The molecule has 0 spiro atoms. The predicted octanol–water partition coefficient (Wildman–Crippen LogP) is 7.72. The van der Waals surface area contributed by atoms with Gasteiger partial charge in [-0.2, -0.15) is 0 Å². The van der Waals surface area contributed by atoms with E-state index in [2.05, 4.69) is 33.8 Å². The Balaban J connectivity index is 1.91. The van der Waals surface area contributed by atoms with Gasteiger partial charge in [-0.05, 0) is 118 Å². The molecule has 3 aliphatic carbocycles. The molecule has 3 rings (SSSR count). The Bertz CT molecular complexity index is 777. The fourth-order valence-corrected chi connectivity index (χ4v) is 8.90. The lowest BCUT2D eigenvalue weighted by molar-refractivity contribution is -0.166. The van der Waals surface area contributed by atoms with E-state index in [1.165, 1.54) is 39.0 Å². The Morgan fingerprint density at radius 2 is 1.70 bits per heavy atom. The van der Waals surface area contributed by atoms with Gasteiger partial charge in [0.1, 0.15) is 12.2 Å². The Morgan fingerprint density at radius 1 is 1.00 bits per heavy atom. The van der Waals surface area contributed by atoms with Crippen molar-refractivity contribution in [3.8, 4) is 0 Å². The van der Waals surface area contributed by atoms with E-state index < -0.39 is 0 Å². The molecule has 3 fully saturated rings. The van der Waals surface area contributed by atoms with Crippen LogP contribution >= 0.6 is 0 Å². The summed E-state index contributed by atoms with van der Waals surface area (Å²) in [7, 11) is 1.71. The largest absolute Gasteiger partial charge is 0.505 e. The molecule has 37 heavy (non-hydrogen) atoms. The lowest BCUT2D eigenvalue weighted by Crippen LogP contribution is -2.51. The minimum absolute atomic E-state index is 0.0266. The first-order chi connectivity index (χ1) is 17.6. The lowest BCUT2D eigenvalue weighted by Gasteiger charge is -2.54. The van der Waals surface area contributed by atoms with Gasteiger partial charge in [0.25, 0.3) is 0 Å². The Kier molecular flexibility index (Phi) is 11.0. The van der Waals surface area contributed by atoms with Gasteiger partial charge in [0.15, 0.2) is 0 Å². The standard InChI is InChI=1S/C32H54O5/c1-8-25-13-15-26(36-23(4)33)14-12-21(2)27-18-19-32(6)28(22(3)11-9-10-20-35-7)16-17-29(32)30(27)31(25)37-24(5)34/h10,20-22,25-31H,8-9,11-19H2,1-7H3/b20-10+/t21?,22-,25-,26-,27-,28?,29+,30-,31-,32?/m1/s1. The minimum atomic E-state index is -0.186. The fraction of sp³-hybridized carbons (Fsp3) is 0.875. The third kappa shape index (κ3) is 7.12. The molecule has 3 aliphatic rings. The van der Waals surface area contributed by atoms with Crippen LogP contribution in [-0.2, 0) is 23.8 Å². The number of hydrogen-bond acceptors (Lipinski definition) is 5. The Hall–Kier alpha value is -1.52.